The lowest BCUT2D eigenvalue weighted by Gasteiger charge is -2.43. The first-order valence-electron chi connectivity index (χ1n) is 8.31. The molecule has 24 heavy (non-hydrogen) atoms. The summed E-state index contributed by atoms with van der Waals surface area (Å²) in [5.74, 6) is -0.193. The molecule has 1 aromatic carbocycles. The van der Waals surface area contributed by atoms with Gasteiger partial charge < -0.3 is 19.8 Å². The van der Waals surface area contributed by atoms with Gasteiger partial charge in [0.05, 0.1) is 13.2 Å². The number of aliphatic hydroxyl groups is 1. The van der Waals surface area contributed by atoms with Crippen LogP contribution in [0.5, 0.6) is 5.75 Å². The number of likely N-dealkylation sites (tertiary alicyclic amines) is 1. The van der Waals surface area contributed by atoms with Crippen LogP contribution in [0.2, 0.25) is 0 Å². The Morgan fingerprint density at radius 1 is 1.25 bits per heavy atom. The van der Waals surface area contributed by atoms with Gasteiger partial charge in [-0.3, -0.25) is 9.59 Å². The van der Waals surface area contributed by atoms with Gasteiger partial charge in [-0.05, 0) is 43.0 Å². The number of carboxylic acid groups (broad SMARTS) is 1. The summed E-state index contributed by atoms with van der Waals surface area (Å²) in [4.78, 5) is 26.2. The molecule has 6 nitrogen and oxygen atoms in total. The lowest BCUT2D eigenvalue weighted by Crippen LogP contribution is -2.57. The Hall–Kier alpha value is -2.08. The van der Waals surface area contributed by atoms with Crippen molar-refractivity contribution in [2.45, 2.75) is 31.8 Å². The van der Waals surface area contributed by atoms with Crippen LogP contribution in [0.4, 0.5) is 0 Å². The molecule has 1 aliphatic heterocycles. The smallest absolute Gasteiger partial charge is 0.314 e. The van der Waals surface area contributed by atoms with E-state index >= 15 is 0 Å². The molecule has 2 atom stereocenters. The lowest BCUT2D eigenvalue weighted by molar-refractivity contribution is -0.163. The Balaban J connectivity index is 1.80. The molecule has 6 heteroatoms. The zero-order chi connectivity index (χ0) is 17.3. The zero-order valence-corrected chi connectivity index (χ0v) is 13.8. The minimum atomic E-state index is -1.25. The Morgan fingerprint density at radius 3 is 2.46 bits per heavy atom. The van der Waals surface area contributed by atoms with Crippen LogP contribution in [-0.2, 0) is 4.79 Å². The summed E-state index contributed by atoms with van der Waals surface area (Å²) in [7, 11) is 1.56. The molecule has 2 fully saturated rings. The van der Waals surface area contributed by atoms with Crippen molar-refractivity contribution in [1.82, 2.24) is 4.90 Å². The summed E-state index contributed by atoms with van der Waals surface area (Å²) in [6.45, 7) is 0.427. The monoisotopic (exact) mass is 333 g/mol. The molecule has 2 aliphatic rings. The molecule has 2 N–H and O–H groups in total. The van der Waals surface area contributed by atoms with Gasteiger partial charge in [0.25, 0.3) is 5.91 Å². The molecule has 1 amide bonds. The minimum Gasteiger partial charge on any atom is -0.497 e. The topological polar surface area (TPSA) is 87.1 Å². The molecule has 0 spiro atoms. The molecule has 1 aliphatic carbocycles. The number of methoxy groups -OCH3 is 1. The predicted octanol–water partition coefficient (Wildman–Crippen LogP) is 1.77. The van der Waals surface area contributed by atoms with Crippen LogP contribution in [0.25, 0.3) is 0 Å². The third kappa shape index (κ3) is 3.11. The van der Waals surface area contributed by atoms with E-state index in [0.29, 0.717) is 36.6 Å². The number of carbonyl (C=O) groups is 2. The Bertz CT molecular complexity index is 625. The van der Waals surface area contributed by atoms with Crippen molar-refractivity contribution in [2.24, 2.45) is 11.3 Å². The van der Waals surface area contributed by atoms with E-state index in [1.54, 1.807) is 36.3 Å². The van der Waals surface area contributed by atoms with Gasteiger partial charge in [-0.15, -0.1) is 0 Å². The first-order valence-corrected chi connectivity index (χ1v) is 8.31. The summed E-state index contributed by atoms with van der Waals surface area (Å²) in [6, 6.07) is 6.77. The number of rotatable bonds is 5. The van der Waals surface area contributed by atoms with Gasteiger partial charge in [0.15, 0.2) is 0 Å². The molecule has 1 heterocycles. The number of piperidine rings is 1. The average molecular weight is 333 g/mol. The fraction of sp³-hybridized carbons (Fsp3) is 0.556. The van der Waals surface area contributed by atoms with E-state index in [2.05, 4.69) is 0 Å². The minimum absolute atomic E-state index is 0.0604. The highest BCUT2D eigenvalue weighted by atomic mass is 16.5. The summed E-state index contributed by atoms with van der Waals surface area (Å²) in [6.07, 6.45) is 1.84. The molecule has 1 saturated carbocycles. The third-order valence-corrected chi connectivity index (χ3v) is 5.18. The largest absolute Gasteiger partial charge is 0.497 e. The number of benzene rings is 1. The van der Waals surface area contributed by atoms with E-state index in [4.69, 9.17) is 4.74 Å². The maximum atomic E-state index is 12.7. The number of carbonyl (C=O) groups excluding carboxylic acids is 1. The average Bonchev–Trinajstić information content (AvgIpc) is 3.40. The summed E-state index contributed by atoms with van der Waals surface area (Å²) in [5, 5.41) is 20.1. The van der Waals surface area contributed by atoms with Crippen molar-refractivity contribution < 1.29 is 24.5 Å². The second-order valence-corrected chi connectivity index (χ2v) is 6.87. The number of ether oxygens (including phenoxy) is 1. The van der Waals surface area contributed by atoms with Crippen LogP contribution in [0.3, 0.4) is 0 Å². The quantitative estimate of drug-likeness (QED) is 0.857. The molecular weight excluding hydrogens is 310 g/mol. The van der Waals surface area contributed by atoms with Gasteiger partial charge in [0, 0.05) is 18.7 Å². The van der Waals surface area contributed by atoms with Gasteiger partial charge in [-0.2, -0.15) is 0 Å². The number of carboxylic acids is 1. The maximum absolute atomic E-state index is 12.7. The predicted molar refractivity (Wildman–Crippen MR) is 86.9 cm³/mol. The fourth-order valence-corrected chi connectivity index (χ4v) is 3.50. The van der Waals surface area contributed by atoms with E-state index in [0.717, 1.165) is 12.8 Å². The lowest BCUT2D eigenvalue weighted by atomic mass is 9.73. The van der Waals surface area contributed by atoms with E-state index in [9.17, 15) is 19.8 Å². The van der Waals surface area contributed by atoms with Crippen LogP contribution >= 0.6 is 0 Å². The van der Waals surface area contributed by atoms with E-state index in [-0.39, 0.29) is 12.5 Å². The Morgan fingerprint density at radius 2 is 1.92 bits per heavy atom. The Labute approximate surface area is 141 Å². The van der Waals surface area contributed by atoms with Gasteiger partial charge in [0.2, 0.25) is 0 Å². The molecule has 0 radical (unpaired) electrons. The first-order chi connectivity index (χ1) is 11.5. The molecular formula is C18H23NO5. The molecule has 3 rings (SSSR count). The molecule has 0 bridgehead atoms. The SMILES string of the molecule is COc1ccc(C(=O)N2CC[C@H](O)[C@](CC3CC3)(C(=O)O)C2)cc1. The highest BCUT2D eigenvalue weighted by Gasteiger charge is 2.52. The molecule has 1 aromatic rings. The summed E-state index contributed by atoms with van der Waals surface area (Å²) < 4.78 is 5.09. The van der Waals surface area contributed by atoms with Gasteiger partial charge in [-0.1, -0.05) is 12.8 Å². The molecule has 0 aromatic heterocycles. The van der Waals surface area contributed by atoms with Gasteiger partial charge in [0.1, 0.15) is 11.2 Å². The Kier molecular flexibility index (Phi) is 4.49. The number of nitrogens with zero attached hydrogens (tertiary/aromatic N) is 1. The van der Waals surface area contributed by atoms with Crippen LogP contribution in [0.1, 0.15) is 36.0 Å². The van der Waals surface area contributed by atoms with E-state index in [1.165, 1.54) is 0 Å². The standard InChI is InChI=1S/C18H23NO5/c1-24-14-6-4-13(5-7-14)16(21)19-9-8-15(20)18(11-19,17(22)23)10-12-2-3-12/h4-7,12,15,20H,2-3,8-11H2,1H3,(H,22,23)/t15-,18+/m0/s1. The van der Waals surface area contributed by atoms with Crippen LogP contribution in [0, 0.1) is 11.3 Å². The number of hydrogen-bond acceptors (Lipinski definition) is 4. The summed E-state index contributed by atoms with van der Waals surface area (Å²) in [5.41, 5.74) is -0.750. The first kappa shape index (κ1) is 16.8. The van der Waals surface area contributed by atoms with Crippen molar-refractivity contribution in [3.63, 3.8) is 0 Å². The van der Waals surface area contributed by atoms with Gasteiger partial charge >= 0.3 is 5.97 Å². The highest BCUT2D eigenvalue weighted by molar-refractivity contribution is 5.95. The van der Waals surface area contributed by atoms with Crippen molar-refractivity contribution in [3.05, 3.63) is 29.8 Å². The van der Waals surface area contributed by atoms with Crippen LogP contribution < -0.4 is 4.74 Å². The van der Waals surface area contributed by atoms with Gasteiger partial charge in [-0.25, -0.2) is 0 Å². The number of aliphatic carboxylic acids is 1. The highest BCUT2D eigenvalue weighted by Crippen LogP contribution is 2.45. The van der Waals surface area contributed by atoms with Crippen molar-refractivity contribution in [2.75, 3.05) is 20.2 Å². The number of hydrogen-bond donors (Lipinski definition) is 2. The fourth-order valence-electron chi connectivity index (χ4n) is 3.50. The van der Waals surface area contributed by atoms with Crippen molar-refractivity contribution in [1.29, 1.82) is 0 Å². The van der Waals surface area contributed by atoms with Crippen LogP contribution in [0.15, 0.2) is 24.3 Å². The van der Waals surface area contributed by atoms with E-state index in [1.807, 2.05) is 0 Å². The second-order valence-electron chi connectivity index (χ2n) is 6.87. The number of aliphatic hydroxyl groups excluding tert-OH is 1. The van der Waals surface area contributed by atoms with Crippen molar-refractivity contribution in [3.8, 4) is 5.75 Å². The number of amides is 1. The summed E-state index contributed by atoms with van der Waals surface area (Å²) >= 11 is 0. The second kappa shape index (κ2) is 6.43. The van der Waals surface area contributed by atoms with Crippen LogP contribution in [-0.4, -0.2) is 53.3 Å². The molecule has 1 saturated heterocycles. The normalized spacial score (nSPS) is 26.9. The molecule has 130 valence electrons. The third-order valence-electron chi connectivity index (χ3n) is 5.18. The van der Waals surface area contributed by atoms with E-state index < -0.39 is 17.5 Å². The zero-order valence-electron chi connectivity index (χ0n) is 13.8. The maximum Gasteiger partial charge on any atom is 0.314 e. The van der Waals surface area contributed by atoms with Crippen molar-refractivity contribution >= 4 is 11.9 Å². The molecule has 0 unspecified atom stereocenters.